The van der Waals surface area contributed by atoms with Crippen molar-refractivity contribution in [2.45, 2.75) is 44.4 Å². The zero-order valence-corrected chi connectivity index (χ0v) is 13.4. The van der Waals surface area contributed by atoms with E-state index >= 15 is 0 Å². The van der Waals surface area contributed by atoms with E-state index in [1.54, 1.807) is 0 Å². The maximum atomic E-state index is 12.4. The summed E-state index contributed by atoms with van der Waals surface area (Å²) in [5.74, 6) is 0.0981. The van der Waals surface area contributed by atoms with Gasteiger partial charge in [0.2, 0.25) is 5.91 Å². The number of aliphatic hydroxyl groups is 1. The normalized spacial score (nSPS) is 22.5. The van der Waals surface area contributed by atoms with Gasteiger partial charge in [-0.25, -0.2) is 0 Å². The van der Waals surface area contributed by atoms with E-state index in [9.17, 15) is 9.90 Å². The van der Waals surface area contributed by atoms with Gasteiger partial charge in [0.15, 0.2) is 0 Å². The first-order chi connectivity index (χ1) is 11.2. The van der Waals surface area contributed by atoms with E-state index in [1.807, 2.05) is 29.2 Å². The summed E-state index contributed by atoms with van der Waals surface area (Å²) in [7, 11) is 0. The molecule has 0 spiro atoms. The van der Waals surface area contributed by atoms with Gasteiger partial charge in [-0.1, -0.05) is 24.3 Å². The van der Waals surface area contributed by atoms with Crippen molar-refractivity contribution in [3.8, 4) is 0 Å². The second kappa shape index (κ2) is 7.90. The van der Waals surface area contributed by atoms with Crippen molar-refractivity contribution >= 4 is 5.91 Å². The third kappa shape index (κ3) is 4.31. The highest BCUT2D eigenvalue weighted by atomic mass is 16.5. The Bertz CT molecular complexity index is 528. The Balaban J connectivity index is 1.51. The van der Waals surface area contributed by atoms with E-state index < -0.39 is 6.10 Å². The van der Waals surface area contributed by atoms with Crippen LogP contribution in [-0.4, -0.2) is 48.4 Å². The molecule has 1 aromatic carbocycles. The van der Waals surface area contributed by atoms with E-state index in [0.717, 1.165) is 37.2 Å². The Morgan fingerprint density at radius 2 is 2.04 bits per heavy atom. The summed E-state index contributed by atoms with van der Waals surface area (Å²) < 4.78 is 11.1. The Kier molecular flexibility index (Phi) is 5.65. The molecule has 1 saturated heterocycles. The maximum Gasteiger partial charge on any atom is 0.225 e. The minimum absolute atomic E-state index is 0.0981. The smallest absolute Gasteiger partial charge is 0.225 e. The molecule has 5 nitrogen and oxygen atoms in total. The van der Waals surface area contributed by atoms with Gasteiger partial charge in [-0.3, -0.25) is 4.79 Å². The zero-order chi connectivity index (χ0) is 16.1. The van der Waals surface area contributed by atoms with Crippen LogP contribution >= 0.6 is 0 Å². The minimum Gasteiger partial charge on any atom is -0.388 e. The number of benzene rings is 1. The molecule has 1 amide bonds. The lowest BCUT2D eigenvalue weighted by molar-refractivity contribution is -0.134. The van der Waals surface area contributed by atoms with Gasteiger partial charge < -0.3 is 19.5 Å². The van der Waals surface area contributed by atoms with Gasteiger partial charge in [-0.15, -0.1) is 0 Å². The Morgan fingerprint density at radius 3 is 2.87 bits per heavy atom. The van der Waals surface area contributed by atoms with Crippen molar-refractivity contribution in [1.29, 1.82) is 0 Å². The average Bonchev–Trinajstić information content (AvgIpc) is 2.75. The third-order valence-electron chi connectivity index (χ3n) is 4.64. The van der Waals surface area contributed by atoms with E-state index in [4.69, 9.17) is 9.47 Å². The fraction of sp³-hybridized carbons (Fsp3) is 0.611. The molecule has 2 aliphatic rings. The van der Waals surface area contributed by atoms with Crippen LogP contribution in [0.4, 0.5) is 0 Å². The van der Waals surface area contributed by atoms with Crippen LogP contribution in [0, 0.1) is 0 Å². The van der Waals surface area contributed by atoms with E-state index in [-0.39, 0.29) is 12.0 Å². The lowest BCUT2D eigenvalue weighted by Gasteiger charge is -2.24. The number of aliphatic hydroxyl groups excluding tert-OH is 1. The fourth-order valence-electron chi connectivity index (χ4n) is 3.25. The number of rotatable bonds is 4. The van der Waals surface area contributed by atoms with Crippen LogP contribution in [0.25, 0.3) is 0 Å². The number of hydrogen-bond donors (Lipinski definition) is 1. The molecule has 5 heteroatoms. The Hall–Kier alpha value is -1.43. The molecule has 3 rings (SSSR count). The molecule has 23 heavy (non-hydrogen) atoms. The van der Waals surface area contributed by atoms with Crippen molar-refractivity contribution in [2.24, 2.45) is 0 Å². The molecule has 0 bridgehead atoms. The van der Waals surface area contributed by atoms with Crippen LogP contribution < -0.4 is 0 Å². The number of carbonyl (C=O) groups is 1. The van der Waals surface area contributed by atoms with Gasteiger partial charge in [0.05, 0.1) is 25.2 Å². The lowest BCUT2D eigenvalue weighted by Crippen LogP contribution is -2.32. The molecule has 0 aliphatic carbocycles. The Labute approximate surface area is 137 Å². The second-order valence-corrected chi connectivity index (χ2v) is 6.25. The fourth-order valence-corrected chi connectivity index (χ4v) is 3.25. The molecule has 2 aliphatic heterocycles. The second-order valence-electron chi connectivity index (χ2n) is 6.25. The summed E-state index contributed by atoms with van der Waals surface area (Å²) in [6, 6.07) is 7.82. The van der Waals surface area contributed by atoms with E-state index in [0.29, 0.717) is 32.5 Å². The van der Waals surface area contributed by atoms with Crippen LogP contribution in [0.5, 0.6) is 0 Å². The van der Waals surface area contributed by atoms with Crippen molar-refractivity contribution in [2.75, 3.05) is 26.4 Å². The molecule has 1 atom stereocenters. The minimum atomic E-state index is -0.484. The number of amides is 1. The number of fused-ring (bicyclic) bond motifs is 1. The summed E-state index contributed by atoms with van der Waals surface area (Å²) in [6.45, 7) is 3.12. The van der Waals surface area contributed by atoms with Gasteiger partial charge in [-0.05, 0) is 30.4 Å². The van der Waals surface area contributed by atoms with Crippen molar-refractivity contribution in [3.63, 3.8) is 0 Å². The molecule has 1 unspecified atom stereocenters. The zero-order valence-electron chi connectivity index (χ0n) is 13.4. The molecule has 1 N–H and O–H groups in total. The predicted octanol–water partition coefficient (Wildman–Crippen LogP) is 2.04. The highest BCUT2D eigenvalue weighted by molar-refractivity contribution is 5.76. The molecule has 0 saturated carbocycles. The monoisotopic (exact) mass is 319 g/mol. The molecule has 2 heterocycles. The molecule has 1 aromatic rings. The van der Waals surface area contributed by atoms with Crippen molar-refractivity contribution in [3.05, 3.63) is 35.4 Å². The number of hydrogen-bond acceptors (Lipinski definition) is 4. The summed E-state index contributed by atoms with van der Waals surface area (Å²) >= 11 is 0. The van der Waals surface area contributed by atoms with Crippen LogP contribution in [-0.2, 0) is 20.8 Å². The maximum absolute atomic E-state index is 12.4. The Morgan fingerprint density at radius 1 is 1.26 bits per heavy atom. The van der Waals surface area contributed by atoms with Crippen LogP contribution in [0.3, 0.4) is 0 Å². The molecule has 0 aromatic heterocycles. The third-order valence-corrected chi connectivity index (χ3v) is 4.64. The topological polar surface area (TPSA) is 59.0 Å². The number of carbonyl (C=O) groups excluding carboxylic acids is 1. The van der Waals surface area contributed by atoms with Crippen molar-refractivity contribution < 1.29 is 19.4 Å². The highest BCUT2D eigenvalue weighted by Crippen LogP contribution is 2.26. The average molecular weight is 319 g/mol. The first-order valence-corrected chi connectivity index (χ1v) is 8.47. The molecule has 126 valence electrons. The van der Waals surface area contributed by atoms with E-state index in [2.05, 4.69) is 0 Å². The van der Waals surface area contributed by atoms with E-state index in [1.165, 1.54) is 0 Å². The lowest BCUT2D eigenvalue weighted by atomic mass is 10.0. The predicted molar refractivity (Wildman–Crippen MR) is 85.8 cm³/mol. The largest absolute Gasteiger partial charge is 0.388 e. The number of ether oxygens (including phenoxy) is 2. The van der Waals surface area contributed by atoms with Gasteiger partial charge in [0.1, 0.15) is 0 Å². The molecular weight excluding hydrogens is 294 g/mol. The summed E-state index contributed by atoms with van der Waals surface area (Å²) in [6.07, 6.45) is 2.56. The summed E-state index contributed by atoms with van der Waals surface area (Å²) in [4.78, 5) is 14.3. The molecule has 1 fully saturated rings. The van der Waals surface area contributed by atoms with Gasteiger partial charge in [0, 0.05) is 26.3 Å². The van der Waals surface area contributed by atoms with Crippen LogP contribution in [0.1, 0.15) is 42.9 Å². The summed E-state index contributed by atoms with van der Waals surface area (Å²) in [5, 5.41) is 10.2. The molecular formula is C18H25NO4. The van der Waals surface area contributed by atoms with Crippen LogP contribution in [0.2, 0.25) is 0 Å². The molecule has 0 radical (unpaired) electrons. The van der Waals surface area contributed by atoms with Gasteiger partial charge in [-0.2, -0.15) is 0 Å². The first kappa shape index (κ1) is 16.4. The van der Waals surface area contributed by atoms with Crippen LogP contribution in [0.15, 0.2) is 24.3 Å². The standard InChI is InChI=1S/C18H25NO4/c20-17-5-9-19(13-14-3-1-2-4-16(14)17)18(21)8-12-23-15-6-10-22-11-7-15/h1-4,15,17,20H,5-13H2. The van der Waals surface area contributed by atoms with Gasteiger partial charge >= 0.3 is 0 Å². The SMILES string of the molecule is O=C(CCOC1CCOCC1)N1CCC(O)c2ccccc2C1. The summed E-state index contributed by atoms with van der Waals surface area (Å²) in [5.41, 5.74) is 1.98. The first-order valence-electron chi connectivity index (χ1n) is 8.47. The quantitative estimate of drug-likeness (QED) is 0.922. The number of nitrogens with zero attached hydrogens (tertiary/aromatic N) is 1. The van der Waals surface area contributed by atoms with Crippen molar-refractivity contribution in [1.82, 2.24) is 4.90 Å². The highest BCUT2D eigenvalue weighted by Gasteiger charge is 2.23. The van der Waals surface area contributed by atoms with Gasteiger partial charge in [0.25, 0.3) is 0 Å².